The molecule has 1 aromatic carbocycles. The van der Waals surface area contributed by atoms with Crippen molar-refractivity contribution in [1.29, 1.82) is 0 Å². The Hall–Kier alpha value is -3.23. The van der Waals surface area contributed by atoms with Gasteiger partial charge in [-0.05, 0) is 42.4 Å². The summed E-state index contributed by atoms with van der Waals surface area (Å²) in [6.45, 7) is 4.24. The van der Waals surface area contributed by atoms with E-state index in [-0.39, 0.29) is 23.7 Å². The van der Waals surface area contributed by atoms with Crippen LogP contribution in [0.15, 0.2) is 60.9 Å². The summed E-state index contributed by atoms with van der Waals surface area (Å²) in [5, 5.41) is 9.84. The van der Waals surface area contributed by atoms with Crippen molar-refractivity contribution in [3.8, 4) is 5.75 Å². The molecule has 8 nitrogen and oxygen atoms in total. The largest absolute Gasteiger partial charge is 0.489 e. The average molecular weight is 505 g/mol. The summed E-state index contributed by atoms with van der Waals surface area (Å²) in [7, 11) is 0. The molecule has 2 fully saturated rings. The molecule has 0 saturated carbocycles. The molecule has 37 heavy (non-hydrogen) atoms. The third-order valence-corrected chi connectivity index (χ3v) is 7.68. The number of aliphatic hydroxyl groups excluding tert-OH is 1. The molecule has 4 heterocycles. The van der Waals surface area contributed by atoms with Gasteiger partial charge in [-0.25, -0.2) is 0 Å². The number of carbonyl (C=O) groups excluding carboxylic acids is 2. The van der Waals surface area contributed by atoms with Gasteiger partial charge in [0.1, 0.15) is 12.4 Å². The van der Waals surface area contributed by atoms with Crippen molar-refractivity contribution >= 4 is 11.8 Å². The molecule has 2 bridgehead atoms. The van der Waals surface area contributed by atoms with Crippen molar-refractivity contribution in [3.63, 3.8) is 0 Å². The third-order valence-electron chi connectivity index (χ3n) is 7.68. The van der Waals surface area contributed by atoms with E-state index in [1.165, 1.54) is 0 Å². The number of hydrogen-bond acceptors (Lipinski definition) is 6. The lowest BCUT2D eigenvalue weighted by Crippen LogP contribution is -2.47. The van der Waals surface area contributed by atoms with Gasteiger partial charge in [-0.3, -0.25) is 19.5 Å². The van der Waals surface area contributed by atoms with Gasteiger partial charge in [0, 0.05) is 63.6 Å². The van der Waals surface area contributed by atoms with Crippen molar-refractivity contribution in [2.75, 3.05) is 39.3 Å². The molecular weight excluding hydrogens is 468 g/mol. The van der Waals surface area contributed by atoms with Gasteiger partial charge in [0.2, 0.25) is 11.8 Å². The monoisotopic (exact) mass is 504 g/mol. The smallest absolute Gasteiger partial charge is 0.236 e. The second-order valence-corrected chi connectivity index (χ2v) is 10.4. The van der Waals surface area contributed by atoms with Crippen LogP contribution >= 0.6 is 0 Å². The molecule has 5 rings (SSSR count). The van der Waals surface area contributed by atoms with Gasteiger partial charge in [-0.1, -0.05) is 36.4 Å². The van der Waals surface area contributed by atoms with Gasteiger partial charge in [0.15, 0.2) is 0 Å². The maximum atomic E-state index is 13.5. The normalized spacial score (nSPS) is 25.9. The zero-order valence-corrected chi connectivity index (χ0v) is 21.2. The lowest BCUT2D eigenvalue weighted by atomic mass is 9.82. The van der Waals surface area contributed by atoms with Crippen LogP contribution in [0.4, 0.5) is 0 Å². The van der Waals surface area contributed by atoms with Crippen LogP contribution in [0, 0.1) is 11.8 Å². The van der Waals surface area contributed by atoms with Crippen molar-refractivity contribution in [3.05, 3.63) is 72.1 Å². The van der Waals surface area contributed by atoms with Crippen LogP contribution in [-0.2, 0) is 22.7 Å². The predicted molar refractivity (Wildman–Crippen MR) is 139 cm³/mol. The number of carbonyl (C=O) groups is 2. The molecule has 0 unspecified atom stereocenters. The number of amides is 2. The number of hydrogen-bond donors (Lipinski definition) is 1. The third kappa shape index (κ3) is 6.56. The van der Waals surface area contributed by atoms with Crippen LogP contribution in [0.25, 0.3) is 0 Å². The van der Waals surface area contributed by atoms with E-state index >= 15 is 0 Å². The van der Waals surface area contributed by atoms with Crippen molar-refractivity contribution in [2.45, 2.75) is 38.5 Å². The fourth-order valence-electron chi connectivity index (χ4n) is 5.64. The first-order valence-electron chi connectivity index (χ1n) is 13.3. The average Bonchev–Trinajstić information content (AvgIpc) is 3.35. The number of aliphatic hydroxyl groups is 1. The van der Waals surface area contributed by atoms with E-state index in [0.29, 0.717) is 65.3 Å². The second-order valence-electron chi connectivity index (χ2n) is 10.4. The predicted octanol–water partition coefficient (Wildman–Crippen LogP) is 2.48. The summed E-state index contributed by atoms with van der Waals surface area (Å²) >= 11 is 0. The van der Waals surface area contributed by atoms with Gasteiger partial charge in [0.25, 0.3) is 0 Å². The molecule has 3 aliphatic heterocycles. The van der Waals surface area contributed by atoms with E-state index in [9.17, 15) is 14.7 Å². The van der Waals surface area contributed by atoms with Crippen LogP contribution in [0.2, 0.25) is 0 Å². The molecule has 2 amide bonds. The van der Waals surface area contributed by atoms with E-state index in [4.69, 9.17) is 4.74 Å². The lowest BCUT2D eigenvalue weighted by Gasteiger charge is -2.38. The van der Waals surface area contributed by atoms with E-state index < -0.39 is 6.10 Å². The Labute approximate surface area is 218 Å². The summed E-state index contributed by atoms with van der Waals surface area (Å²) in [6.07, 6.45) is 9.22. The minimum atomic E-state index is -0.414. The van der Waals surface area contributed by atoms with Crippen LogP contribution in [0.3, 0.4) is 0 Å². The van der Waals surface area contributed by atoms with E-state index in [0.717, 1.165) is 23.3 Å². The maximum absolute atomic E-state index is 13.5. The Morgan fingerprint density at radius 3 is 2.78 bits per heavy atom. The Morgan fingerprint density at radius 2 is 1.97 bits per heavy atom. The first-order chi connectivity index (χ1) is 18.0. The fraction of sp³-hybridized carbons (Fsp3) is 0.483. The van der Waals surface area contributed by atoms with Crippen molar-refractivity contribution < 1.29 is 19.4 Å². The number of ether oxygens (including phenoxy) is 1. The minimum Gasteiger partial charge on any atom is -0.489 e. The molecule has 3 aliphatic rings. The number of aromatic nitrogens is 1. The first-order valence-corrected chi connectivity index (χ1v) is 13.3. The van der Waals surface area contributed by atoms with Gasteiger partial charge < -0.3 is 19.6 Å². The number of rotatable bonds is 4. The molecule has 2 saturated heterocycles. The molecule has 196 valence electrons. The minimum absolute atomic E-state index is 0.0838. The molecular formula is C29H36N4O4. The highest BCUT2D eigenvalue weighted by Gasteiger charge is 2.34. The topological polar surface area (TPSA) is 86.2 Å². The van der Waals surface area contributed by atoms with Gasteiger partial charge >= 0.3 is 0 Å². The molecule has 1 aromatic heterocycles. The standard InChI is InChI=1S/C29H36N4O4/c34-26-10-13-33(20-26)28(35)15-23-9-12-32-19-24(23)7-4-14-37-27-8-2-1-6-25(27)18-31(21-29(32)36)17-22-5-3-11-30-16-22/h1-8,11,16,23-24,26,34H,9-10,12-15,17-21H2/b7-4-/t23-,24-,26+/m0/s1. The maximum Gasteiger partial charge on any atom is 0.236 e. The number of pyridine rings is 1. The molecule has 1 N–H and O–H groups in total. The molecule has 0 aliphatic carbocycles. The van der Waals surface area contributed by atoms with Crippen LogP contribution in [0.1, 0.15) is 30.4 Å². The number of piperidine rings is 1. The molecule has 0 radical (unpaired) electrons. The Morgan fingerprint density at radius 1 is 1.08 bits per heavy atom. The fourth-order valence-corrected chi connectivity index (χ4v) is 5.64. The highest BCUT2D eigenvalue weighted by molar-refractivity contribution is 5.79. The van der Waals surface area contributed by atoms with Crippen LogP contribution < -0.4 is 4.74 Å². The molecule has 8 heteroatoms. The van der Waals surface area contributed by atoms with Crippen molar-refractivity contribution in [2.24, 2.45) is 11.8 Å². The van der Waals surface area contributed by atoms with Gasteiger partial charge in [0.05, 0.1) is 12.6 Å². The van der Waals surface area contributed by atoms with Crippen LogP contribution in [-0.4, -0.2) is 82.0 Å². The van der Waals surface area contributed by atoms with Gasteiger partial charge in [-0.15, -0.1) is 0 Å². The summed E-state index contributed by atoms with van der Waals surface area (Å²) in [6, 6.07) is 11.9. The molecule has 3 atom stereocenters. The van der Waals surface area contributed by atoms with Gasteiger partial charge in [-0.2, -0.15) is 0 Å². The Kier molecular flexibility index (Phi) is 8.16. The summed E-state index contributed by atoms with van der Waals surface area (Å²) in [5.74, 6) is 1.27. The summed E-state index contributed by atoms with van der Waals surface area (Å²) < 4.78 is 6.15. The lowest BCUT2D eigenvalue weighted by molar-refractivity contribution is -0.136. The highest BCUT2D eigenvalue weighted by atomic mass is 16.5. The Bertz CT molecular complexity index is 1110. The summed E-state index contributed by atoms with van der Waals surface area (Å²) in [5.41, 5.74) is 2.10. The number of β-amino-alcohol motifs (C(OH)–C–C–N with tert-alkyl or cyclic N) is 1. The zero-order valence-electron chi connectivity index (χ0n) is 21.2. The van der Waals surface area contributed by atoms with E-state index in [2.05, 4.69) is 22.0 Å². The SMILES string of the molecule is O=C(C[C@@H]1CCN2C[C@@H]1/C=C\COc1ccccc1CN(Cc1cccnc1)CC2=O)N1CC[C@@H](O)C1. The number of benzene rings is 1. The first kappa shape index (κ1) is 25.4. The number of likely N-dealkylation sites (tertiary alicyclic amines) is 1. The number of fused-ring (bicyclic) bond motifs is 3. The molecule has 0 spiro atoms. The second kappa shape index (κ2) is 11.9. The zero-order chi connectivity index (χ0) is 25.6. The van der Waals surface area contributed by atoms with E-state index in [1.54, 1.807) is 11.1 Å². The summed E-state index contributed by atoms with van der Waals surface area (Å²) in [4.78, 5) is 36.6. The van der Waals surface area contributed by atoms with Crippen LogP contribution in [0.5, 0.6) is 5.75 Å². The van der Waals surface area contributed by atoms with E-state index in [1.807, 2.05) is 47.5 Å². The quantitative estimate of drug-likeness (QED) is 0.644. The number of para-hydroxylation sites is 1. The molecule has 2 aromatic rings. The number of nitrogens with zero attached hydrogens (tertiary/aromatic N) is 4. The Balaban J connectivity index is 1.34. The highest BCUT2D eigenvalue weighted by Crippen LogP contribution is 2.30. The van der Waals surface area contributed by atoms with Crippen molar-refractivity contribution in [1.82, 2.24) is 19.7 Å².